The minimum atomic E-state index is -0.672. The quantitative estimate of drug-likeness (QED) is 0.0264. The van der Waals surface area contributed by atoms with E-state index in [9.17, 15) is 9.90 Å². The van der Waals surface area contributed by atoms with Crippen LogP contribution < -0.4 is 10.6 Å². The number of amides is 1. The summed E-state index contributed by atoms with van der Waals surface area (Å²) in [5.41, 5.74) is 0. The molecule has 2 unspecified atom stereocenters. The van der Waals surface area contributed by atoms with Crippen LogP contribution in [0.4, 0.5) is 0 Å². The van der Waals surface area contributed by atoms with Crippen molar-refractivity contribution in [1.29, 1.82) is 0 Å². The maximum Gasteiger partial charge on any atom is 0.220 e. The van der Waals surface area contributed by atoms with Gasteiger partial charge in [0.2, 0.25) is 5.91 Å². The monoisotopic (exact) mass is 679 g/mol. The fourth-order valence-electron chi connectivity index (χ4n) is 6.61. The third kappa shape index (κ3) is 36.4. The Kier molecular flexibility index (Phi) is 35.2. The fourth-order valence-corrected chi connectivity index (χ4v) is 6.61. The second kappa shape index (κ2) is 35.9. The van der Waals surface area contributed by atoms with Crippen molar-refractivity contribution in [3.8, 4) is 0 Å². The van der Waals surface area contributed by atoms with Crippen LogP contribution in [0.2, 0.25) is 0 Å². The molecular formula is C43H88N3O2+. The SMILES string of the molecule is CCCCCCCCC=CCCCCCCCC(=O)NC(CCCC[N+](C)(C)C)C(O)NCCCCCCCCCCCCCCCC. The lowest BCUT2D eigenvalue weighted by molar-refractivity contribution is -0.870. The van der Waals surface area contributed by atoms with Gasteiger partial charge in [0, 0.05) is 6.42 Å². The first-order valence-corrected chi connectivity index (χ1v) is 21.5. The lowest BCUT2D eigenvalue weighted by Gasteiger charge is -2.27. The van der Waals surface area contributed by atoms with Gasteiger partial charge in [0.1, 0.15) is 6.23 Å². The van der Waals surface area contributed by atoms with E-state index in [0.717, 1.165) is 56.1 Å². The number of nitrogens with zero attached hydrogens (tertiary/aromatic N) is 1. The predicted molar refractivity (Wildman–Crippen MR) is 212 cm³/mol. The van der Waals surface area contributed by atoms with Gasteiger partial charge in [-0.1, -0.05) is 161 Å². The summed E-state index contributed by atoms with van der Waals surface area (Å²) in [7, 11) is 6.67. The first-order valence-electron chi connectivity index (χ1n) is 21.5. The maximum atomic E-state index is 12.8. The summed E-state index contributed by atoms with van der Waals surface area (Å²) in [4.78, 5) is 12.8. The molecule has 0 radical (unpaired) electrons. The minimum absolute atomic E-state index is 0.0987. The topological polar surface area (TPSA) is 61.4 Å². The number of unbranched alkanes of at least 4 members (excludes halogenated alkanes) is 25. The summed E-state index contributed by atoms with van der Waals surface area (Å²) in [6.07, 6.45) is 43.0. The third-order valence-corrected chi connectivity index (χ3v) is 9.87. The van der Waals surface area contributed by atoms with Crippen molar-refractivity contribution in [1.82, 2.24) is 10.6 Å². The number of carbonyl (C=O) groups is 1. The van der Waals surface area contributed by atoms with Crippen LogP contribution in [0.15, 0.2) is 12.2 Å². The first-order chi connectivity index (χ1) is 23.3. The third-order valence-electron chi connectivity index (χ3n) is 9.87. The molecular weight excluding hydrogens is 590 g/mol. The normalized spacial score (nSPS) is 13.4. The molecule has 0 aromatic rings. The van der Waals surface area contributed by atoms with Crippen molar-refractivity contribution in [3.05, 3.63) is 12.2 Å². The average Bonchev–Trinajstić information content (AvgIpc) is 3.05. The molecule has 0 heterocycles. The van der Waals surface area contributed by atoms with Gasteiger partial charge in [-0.3, -0.25) is 10.1 Å². The van der Waals surface area contributed by atoms with Crippen molar-refractivity contribution in [3.63, 3.8) is 0 Å². The van der Waals surface area contributed by atoms with Crippen molar-refractivity contribution in [2.45, 2.75) is 225 Å². The van der Waals surface area contributed by atoms with Crippen LogP contribution in [0.1, 0.15) is 213 Å². The Morgan fingerprint density at radius 1 is 0.562 bits per heavy atom. The van der Waals surface area contributed by atoms with E-state index < -0.39 is 6.23 Å². The van der Waals surface area contributed by atoms with Crippen LogP contribution in [0, 0.1) is 0 Å². The van der Waals surface area contributed by atoms with Gasteiger partial charge in [-0.25, -0.2) is 0 Å². The molecule has 0 bridgehead atoms. The number of carbonyl (C=O) groups excluding carboxylic acids is 1. The molecule has 0 aliphatic carbocycles. The highest BCUT2D eigenvalue weighted by Crippen LogP contribution is 2.14. The van der Waals surface area contributed by atoms with Gasteiger partial charge in [-0.05, 0) is 64.3 Å². The minimum Gasteiger partial charge on any atom is -0.376 e. The molecule has 3 N–H and O–H groups in total. The van der Waals surface area contributed by atoms with Crippen molar-refractivity contribution < 1.29 is 14.4 Å². The molecule has 0 fully saturated rings. The van der Waals surface area contributed by atoms with Crippen LogP contribution in [0.25, 0.3) is 0 Å². The Morgan fingerprint density at radius 2 is 0.979 bits per heavy atom. The predicted octanol–water partition coefficient (Wildman–Crippen LogP) is 11.8. The molecule has 0 saturated heterocycles. The molecule has 5 heteroatoms. The molecule has 2 atom stereocenters. The molecule has 0 aliphatic heterocycles. The molecule has 0 rings (SSSR count). The summed E-state index contributed by atoms with van der Waals surface area (Å²) in [5.74, 6) is 0.0987. The molecule has 5 nitrogen and oxygen atoms in total. The fraction of sp³-hybridized carbons (Fsp3) is 0.930. The zero-order chi connectivity index (χ0) is 35.4. The number of hydrogen-bond donors (Lipinski definition) is 3. The van der Waals surface area contributed by atoms with E-state index in [4.69, 9.17) is 0 Å². The highest BCUT2D eigenvalue weighted by molar-refractivity contribution is 5.76. The lowest BCUT2D eigenvalue weighted by atomic mass is 10.0. The van der Waals surface area contributed by atoms with Crippen molar-refractivity contribution >= 4 is 5.91 Å². The summed E-state index contributed by atoms with van der Waals surface area (Å²) >= 11 is 0. The van der Waals surface area contributed by atoms with E-state index in [2.05, 4.69) is 57.8 Å². The second-order valence-electron chi connectivity index (χ2n) is 16.0. The molecule has 0 saturated carbocycles. The average molecular weight is 679 g/mol. The van der Waals surface area contributed by atoms with Crippen LogP contribution in [-0.4, -0.2) is 62.0 Å². The van der Waals surface area contributed by atoms with Gasteiger partial charge in [0.05, 0.1) is 33.7 Å². The van der Waals surface area contributed by atoms with E-state index in [1.165, 1.54) is 154 Å². The standard InChI is InChI=1S/C43H87N3O2/c1-6-8-10-12-14-16-18-20-22-23-25-27-29-31-33-38-42(47)45-41(37-34-36-40-46(3,4)5)43(48)44-39-35-32-30-28-26-24-21-19-17-15-13-11-9-7-2/h20,22,41,43-44,48H,6-19,21,23-40H2,1-5H3/p+1. The smallest absolute Gasteiger partial charge is 0.220 e. The number of nitrogens with one attached hydrogen (secondary N) is 2. The number of aliphatic hydroxyl groups excluding tert-OH is 1. The van der Waals surface area contributed by atoms with Gasteiger partial charge in [-0.2, -0.15) is 0 Å². The lowest BCUT2D eigenvalue weighted by Crippen LogP contribution is -2.50. The maximum absolute atomic E-state index is 12.8. The first kappa shape index (κ1) is 47.1. The van der Waals surface area contributed by atoms with E-state index >= 15 is 0 Å². The van der Waals surface area contributed by atoms with Gasteiger partial charge < -0.3 is 14.9 Å². The van der Waals surface area contributed by atoms with Gasteiger partial charge in [0.15, 0.2) is 0 Å². The molecule has 48 heavy (non-hydrogen) atoms. The Balaban J connectivity index is 4.07. The highest BCUT2D eigenvalue weighted by atomic mass is 16.3. The summed E-state index contributed by atoms with van der Waals surface area (Å²) in [6, 6.07) is -0.209. The zero-order valence-corrected chi connectivity index (χ0v) is 33.4. The van der Waals surface area contributed by atoms with E-state index in [1.54, 1.807) is 0 Å². The van der Waals surface area contributed by atoms with E-state index in [0.29, 0.717) is 6.42 Å². The van der Waals surface area contributed by atoms with Crippen LogP contribution in [0.3, 0.4) is 0 Å². The van der Waals surface area contributed by atoms with Crippen LogP contribution >= 0.6 is 0 Å². The summed E-state index contributed by atoms with van der Waals surface area (Å²) in [5, 5.41) is 17.5. The Morgan fingerprint density at radius 3 is 1.44 bits per heavy atom. The van der Waals surface area contributed by atoms with Crippen molar-refractivity contribution in [2.75, 3.05) is 34.2 Å². The number of hydrogen-bond acceptors (Lipinski definition) is 3. The van der Waals surface area contributed by atoms with Gasteiger partial charge >= 0.3 is 0 Å². The van der Waals surface area contributed by atoms with Crippen molar-refractivity contribution in [2.24, 2.45) is 0 Å². The number of quaternary nitrogens is 1. The largest absolute Gasteiger partial charge is 0.376 e. The van der Waals surface area contributed by atoms with E-state index in [1.807, 2.05) is 0 Å². The molecule has 286 valence electrons. The molecule has 1 amide bonds. The van der Waals surface area contributed by atoms with Crippen LogP contribution in [-0.2, 0) is 4.79 Å². The van der Waals surface area contributed by atoms with Gasteiger partial charge in [0.25, 0.3) is 0 Å². The summed E-state index contributed by atoms with van der Waals surface area (Å²) in [6.45, 7) is 6.49. The Hall–Kier alpha value is -0.910. The van der Waals surface area contributed by atoms with Crippen LogP contribution in [0.5, 0.6) is 0 Å². The molecule has 0 spiro atoms. The second-order valence-corrected chi connectivity index (χ2v) is 16.0. The number of rotatable bonds is 38. The van der Waals surface area contributed by atoms with Gasteiger partial charge in [-0.15, -0.1) is 0 Å². The van der Waals surface area contributed by atoms with E-state index in [-0.39, 0.29) is 11.9 Å². The molecule has 0 aromatic carbocycles. The number of allylic oxidation sites excluding steroid dienone is 2. The zero-order valence-electron chi connectivity index (χ0n) is 33.4. The highest BCUT2D eigenvalue weighted by Gasteiger charge is 2.21. The molecule has 0 aromatic heterocycles. The Labute approximate surface area is 301 Å². The summed E-state index contributed by atoms with van der Waals surface area (Å²) < 4.78 is 0.951. The molecule has 0 aliphatic rings. The number of aliphatic hydroxyl groups is 1. The Bertz CT molecular complexity index is 690.